The van der Waals surface area contributed by atoms with E-state index >= 15 is 0 Å². The number of rotatable bonds is 4. The van der Waals surface area contributed by atoms with Crippen molar-refractivity contribution in [1.82, 2.24) is 14.3 Å². The van der Waals surface area contributed by atoms with Crippen molar-refractivity contribution in [2.75, 3.05) is 6.54 Å². The highest BCUT2D eigenvalue weighted by Gasteiger charge is 2.33. The first kappa shape index (κ1) is 15.4. The standard InChI is InChI=1S/C17H21N3O3/c1-12(2)18-10-11-19-14(16(18)22)15(21)17(23)20(19)9-8-13-6-4-3-5-7-13/h3-7,12,21H,8-11H2,1-2H3. The summed E-state index contributed by atoms with van der Waals surface area (Å²) in [6, 6.07) is 9.88. The van der Waals surface area contributed by atoms with E-state index in [1.54, 1.807) is 9.58 Å². The summed E-state index contributed by atoms with van der Waals surface area (Å²) in [5.41, 5.74) is 0.735. The third-order valence-electron chi connectivity index (χ3n) is 4.31. The van der Waals surface area contributed by atoms with Crippen LogP contribution >= 0.6 is 0 Å². The van der Waals surface area contributed by atoms with Crippen LogP contribution in [0.4, 0.5) is 0 Å². The lowest BCUT2D eigenvalue weighted by Crippen LogP contribution is -2.45. The summed E-state index contributed by atoms with van der Waals surface area (Å²) in [5.74, 6) is -0.715. The van der Waals surface area contributed by atoms with Crippen molar-refractivity contribution in [2.24, 2.45) is 0 Å². The van der Waals surface area contributed by atoms with Crippen LogP contribution < -0.4 is 5.56 Å². The molecule has 0 fully saturated rings. The Bertz CT molecular complexity index is 774. The zero-order chi connectivity index (χ0) is 16.6. The minimum Gasteiger partial charge on any atom is -0.501 e. The van der Waals surface area contributed by atoms with E-state index in [0.29, 0.717) is 26.1 Å². The highest BCUT2D eigenvalue weighted by molar-refractivity contribution is 5.95. The number of fused-ring (bicyclic) bond motifs is 1. The third-order valence-corrected chi connectivity index (χ3v) is 4.31. The molecule has 0 saturated heterocycles. The lowest BCUT2D eigenvalue weighted by Gasteiger charge is -2.32. The minimum atomic E-state index is -0.491. The molecule has 0 bridgehead atoms. The van der Waals surface area contributed by atoms with Crippen molar-refractivity contribution in [2.45, 2.75) is 39.4 Å². The normalized spacial score (nSPS) is 14.4. The second-order valence-corrected chi connectivity index (χ2v) is 6.08. The molecular formula is C17H21N3O3. The van der Waals surface area contributed by atoms with E-state index in [2.05, 4.69) is 0 Å². The van der Waals surface area contributed by atoms with Crippen molar-refractivity contribution in [3.05, 3.63) is 51.9 Å². The molecule has 6 heteroatoms. The van der Waals surface area contributed by atoms with Crippen LogP contribution in [0, 0.1) is 0 Å². The first-order valence-electron chi connectivity index (χ1n) is 7.88. The molecule has 0 unspecified atom stereocenters. The van der Waals surface area contributed by atoms with E-state index < -0.39 is 11.3 Å². The summed E-state index contributed by atoms with van der Waals surface area (Å²) in [4.78, 5) is 26.5. The van der Waals surface area contributed by atoms with Gasteiger partial charge in [0.15, 0.2) is 5.69 Å². The number of hydrogen-bond donors (Lipinski definition) is 1. The largest absolute Gasteiger partial charge is 0.501 e. The van der Waals surface area contributed by atoms with Gasteiger partial charge in [-0.1, -0.05) is 30.3 Å². The molecule has 2 heterocycles. The lowest BCUT2D eigenvalue weighted by atomic mass is 10.1. The van der Waals surface area contributed by atoms with Gasteiger partial charge in [0.2, 0.25) is 5.75 Å². The Morgan fingerprint density at radius 3 is 2.48 bits per heavy atom. The van der Waals surface area contributed by atoms with Gasteiger partial charge in [0.1, 0.15) is 0 Å². The molecule has 6 nitrogen and oxygen atoms in total. The molecule has 3 rings (SSSR count). The predicted octanol–water partition coefficient (Wildman–Crippen LogP) is 1.46. The van der Waals surface area contributed by atoms with Crippen molar-refractivity contribution in [1.29, 1.82) is 0 Å². The van der Waals surface area contributed by atoms with Gasteiger partial charge in [0.05, 0.1) is 6.54 Å². The number of carbonyl (C=O) groups is 1. The number of aromatic nitrogens is 2. The fourth-order valence-electron chi connectivity index (χ4n) is 3.05. The van der Waals surface area contributed by atoms with E-state index in [4.69, 9.17) is 0 Å². The fourth-order valence-corrected chi connectivity index (χ4v) is 3.05. The summed E-state index contributed by atoms with van der Waals surface area (Å²) in [5, 5.41) is 10.1. The number of benzene rings is 1. The zero-order valence-electron chi connectivity index (χ0n) is 13.4. The van der Waals surface area contributed by atoms with Gasteiger partial charge in [-0.2, -0.15) is 0 Å². The van der Waals surface area contributed by atoms with E-state index in [1.165, 1.54) is 4.68 Å². The van der Waals surface area contributed by atoms with E-state index in [0.717, 1.165) is 5.56 Å². The van der Waals surface area contributed by atoms with Gasteiger partial charge in [-0.25, -0.2) is 4.68 Å². The first-order valence-corrected chi connectivity index (χ1v) is 7.88. The number of aryl methyl sites for hydroxylation is 1. The highest BCUT2D eigenvalue weighted by atomic mass is 16.3. The van der Waals surface area contributed by atoms with Gasteiger partial charge in [-0.05, 0) is 25.8 Å². The van der Waals surface area contributed by atoms with Gasteiger partial charge in [0, 0.05) is 19.1 Å². The molecule has 0 atom stereocenters. The third kappa shape index (κ3) is 2.65. The summed E-state index contributed by atoms with van der Waals surface area (Å²) in [7, 11) is 0. The van der Waals surface area contributed by atoms with Crippen LogP contribution in [0.15, 0.2) is 35.1 Å². The van der Waals surface area contributed by atoms with E-state index in [9.17, 15) is 14.7 Å². The minimum absolute atomic E-state index is 0.0402. The van der Waals surface area contributed by atoms with Crippen molar-refractivity contribution >= 4 is 5.91 Å². The lowest BCUT2D eigenvalue weighted by molar-refractivity contribution is 0.0628. The molecule has 1 aliphatic rings. The van der Waals surface area contributed by atoms with Gasteiger partial charge in [-0.3, -0.25) is 14.3 Å². The Balaban J connectivity index is 1.92. The summed E-state index contributed by atoms with van der Waals surface area (Å²) in [6.45, 7) is 5.35. The maximum atomic E-state index is 12.5. The average Bonchev–Trinajstić information content (AvgIpc) is 2.78. The molecule has 1 aromatic heterocycles. The SMILES string of the molecule is CC(C)N1CCn2c(c(O)c(=O)n2CCc2ccccc2)C1=O. The number of hydrogen-bond acceptors (Lipinski definition) is 3. The Morgan fingerprint density at radius 2 is 1.83 bits per heavy atom. The van der Waals surface area contributed by atoms with Gasteiger partial charge >= 0.3 is 5.56 Å². The number of carbonyl (C=O) groups excluding carboxylic acids is 1. The zero-order valence-corrected chi connectivity index (χ0v) is 13.4. The fraction of sp³-hybridized carbons (Fsp3) is 0.412. The molecule has 1 N–H and O–H groups in total. The second kappa shape index (κ2) is 5.95. The quantitative estimate of drug-likeness (QED) is 0.929. The van der Waals surface area contributed by atoms with Crippen LogP contribution in [0.3, 0.4) is 0 Å². The van der Waals surface area contributed by atoms with Crippen molar-refractivity contribution in [3.63, 3.8) is 0 Å². The molecule has 1 amide bonds. The molecule has 2 aromatic rings. The Labute approximate surface area is 134 Å². The number of amides is 1. The van der Waals surface area contributed by atoms with Gasteiger partial charge in [0.25, 0.3) is 5.91 Å². The summed E-state index contributed by atoms with van der Waals surface area (Å²) in [6.07, 6.45) is 0.672. The maximum absolute atomic E-state index is 12.5. The molecule has 0 aliphatic carbocycles. The molecule has 0 spiro atoms. The molecule has 1 aromatic carbocycles. The highest BCUT2D eigenvalue weighted by Crippen LogP contribution is 2.21. The first-order chi connectivity index (χ1) is 11.0. The topological polar surface area (TPSA) is 67.5 Å². The second-order valence-electron chi connectivity index (χ2n) is 6.08. The summed E-state index contributed by atoms with van der Waals surface area (Å²) >= 11 is 0. The van der Waals surface area contributed by atoms with Crippen LogP contribution in [-0.2, 0) is 19.5 Å². The van der Waals surface area contributed by atoms with Crippen LogP contribution in [0.25, 0.3) is 0 Å². The Kier molecular flexibility index (Phi) is 3.98. The molecule has 122 valence electrons. The van der Waals surface area contributed by atoms with Crippen molar-refractivity contribution in [3.8, 4) is 5.75 Å². The smallest absolute Gasteiger partial charge is 0.309 e. The number of aromatic hydroxyl groups is 1. The molecule has 1 aliphatic heterocycles. The Hall–Kier alpha value is -2.50. The molecule has 0 radical (unpaired) electrons. The molecule has 23 heavy (non-hydrogen) atoms. The van der Waals surface area contributed by atoms with Crippen LogP contribution in [-0.4, -0.2) is 37.9 Å². The molecule has 0 saturated carbocycles. The average molecular weight is 315 g/mol. The molecular weight excluding hydrogens is 294 g/mol. The van der Waals surface area contributed by atoms with Crippen LogP contribution in [0.1, 0.15) is 29.9 Å². The van der Waals surface area contributed by atoms with Crippen LogP contribution in [0.5, 0.6) is 5.75 Å². The van der Waals surface area contributed by atoms with Gasteiger partial charge in [-0.15, -0.1) is 0 Å². The van der Waals surface area contributed by atoms with Crippen LogP contribution in [0.2, 0.25) is 0 Å². The van der Waals surface area contributed by atoms with Crippen molar-refractivity contribution < 1.29 is 9.90 Å². The monoisotopic (exact) mass is 315 g/mol. The van der Waals surface area contributed by atoms with E-state index in [1.807, 2.05) is 44.2 Å². The predicted molar refractivity (Wildman–Crippen MR) is 86.7 cm³/mol. The summed E-state index contributed by atoms with van der Waals surface area (Å²) < 4.78 is 3.11. The van der Waals surface area contributed by atoms with E-state index in [-0.39, 0.29) is 17.6 Å². The maximum Gasteiger partial charge on any atom is 0.309 e. The Morgan fingerprint density at radius 1 is 1.13 bits per heavy atom. The number of nitrogens with zero attached hydrogens (tertiary/aromatic N) is 3. The van der Waals surface area contributed by atoms with Gasteiger partial charge < -0.3 is 10.0 Å².